The highest BCUT2D eigenvalue weighted by atomic mass is 16.3. The van der Waals surface area contributed by atoms with E-state index in [0.717, 1.165) is 25.3 Å². The molecule has 4 nitrogen and oxygen atoms in total. The minimum absolute atomic E-state index is 0.0431. The van der Waals surface area contributed by atoms with Gasteiger partial charge < -0.3 is 16.2 Å². The van der Waals surface area contributed by atoms with Crippen molar-refractivity contribution in [1.29, 1.82) is 0 Å². The fourth-order valence-electron chi connectivity index (χ4n) is 2.45. The molecule has 0 aliphatic heterocycles. The molecule has 0 aromatic rings. The minimum Gasteiger partial charge on any atom is -0.396 e. The van der Waals surface area contributed by atoms with Crippen LogP contribution >= 0.6 is 0 Å². The molecule has 0 aromatic heterocycles. The third kappa shape index (κ3) is 7.85. The van der Waals surface area contributed by atoms with Crippen LogP contribution in [0.25, 0.3) is 0 Å². The second-order valence-electron chi connectivity index (χ2n) is 5.30. The van der Waals surface area contributed by atoms with Crippen molar-refractivity contribution < 1.29 is 9.90 Å². The first-order valence-corrected chi connectivity index (χ1v) is 8.04. The highest BCUT2D eigenvalue weighted by molar-refractivity contribution is 5.82. The van der Waals surface area contributed by atoms with Crippen molar-refractivity contribution >= 4 is 5.91 Å². The zero-order chi connectivity index (χ0) is 16.0. The molecule has 0 aliphatic carbocycles. The van der Waals surface area contributed by atoms with Gasteiger partial charge in [-0.05, 0) is 38.1 Å². The fraction of sp³-hybridized carbons (Fsp3) is 0.938. The molecule has 0 saturated heterocycles. The molecule has 0 aliphatic rings. The number of carbonyl (C=O) groups excluding carboxylic acids is 1. The minimum atomic E-state index is -0.358. The van der Waals surface area contributed by atoms with E-state index >= 15 is 0 Å². The summed E-state index contributed by atoms with van der Waals surface area (Å²) in [5.74, 6) is 0.918. The van der Waals surface area contributed by atoms with Crippen LogP contribution in [-0.4, -0.2) is 31.2 Å². The van der Waals surface area contributed by atoms with Crippen molar-refractivity contribution in [3.63, 3.8) is 0 Å². The summed E-state index contributed by atoms with van der Waals surface area (Å²) in [5.41, 5.74) is 5.02. The second-order valence-corrected chi connectivity index (χ2v) is 5.30. The zero-order valence-corrected chi connectivity index (χ0v) is 14.2. The van der Waals surface area contributed by atoms with E-state index in [0.29, 0.717) is 6.42 Å². The smallest absolute Gasteiger partial charge is 0.226 e. The molecule has 0 saturated carbocycles. The van der Waals surface area contributed by atoms with E-state index < -0.39 is 0 Å². The maximum Gasteiger partial charge on any atom is 0.226 e. The summed E-state index contributed by atoms with van der Waals surface area (Å²) < 4.78 is 0. The number of rotatable bonds is 9. The summed E-state index contributed by atoms with van der Waals surface area (Å²) >= 11 is 0. The third-order valence-electron chi connectivity index (χ3n) is 4.38. The number of amides is 1. The van der Waals surface area contributed by atoms with Gasteiger partial charge in [-0.3, -0.25) is 4.79 Å². The van der Waals surface area contributed by atoms with Crippen molar-refractivity contribution in [2.24, 2.45) is 17.1 Å². The molecule has 0 bridgehead atoms. The molecule has 4 heteroatoms. The van der Waals surface area contributed by atoms with E-state index in [1.54, 1.807) is 7.05 Å². The molecule has 0 atom stereocenters. The van der Waals surface area contributed by atoms with Gasteiger partial charge in [0, 0.05) is 13.7 Å². The van der Waals surface area contributed by atoms with Crippen molar-refractivity contribution in [3.8, 4) is 0 Å². The van der Waals surface area contributed by atoms with Gasteiger partial charge in [0.25, 0.3) is 0 Å². The van der Waals surface area contributed by atoms with Gasteiger partial charge in [-0.2, -0.15) is 0 Å². The monoisotopic (exact) mass is 288 g/mol. The molecular formula is C16H36N2O2. The molecule has 0 unspecified atom stereocenters. The van der Waals surface area contributed by atoms with Gasteiger partial charge in [0.2, 0.25) is 5.91 Å². The number of hydrogen-bond acceptors (Lipinski definition) is 3. The maximum atomic E-state index is 11.5. The Kier molecular flexibility index (Phi) is 14.5. The van der Waals surface area contributed by atoms with Gasteiger partial charge in [-0.1, -0.05) is 40.5 Å². The van der Waals surface area contributed by atoms with Gasteiger partial charge in [0.15, 0.2) is 0 Å². The lowest BCUT2D eigenvalue weighted by Gasteiger charge is -2.28. The van der Waals surface area contributed by atoms with Gasteiger partial charge in [-0.25, -0.2) is 0 Å². The molecule has 0 rings (SSSR count). The Balaban J connectivity index is 0. The van der Waals surface area contributed by atoms with Crippen LogP contribution in [0.3, 0.4) is 0 Å². The summed E-state index contributed by atoms with van der Waals surface area (Å²) in [4.78, 5) is 11.5. The summed E-state index contributed by atoms with van der Waals surface area (Å²) in [6, 6.07) is 0. The number of aliphatic hydroxyl groups is 1. The third-order valence-corrected chi connectivity index (χ3v) is 4.38. The lowest BCUT2D eigenvalue weighted by atomic mass is 9.78. The van der Waals surface area contributed by atoms with Crippen LogP contribution in [0, 0.1) is 11.3 Å². The lowest BCUT2D eigenvalue weighted by molar-refractivity contribution is -0.132. The summed E-state index contributed by atoms with van der Waals surface area (Å²) in [6.45, 7) is 9.35. The molecule has 0 aromatic carbocycles. The van der Waals surface area contributed by atoms with Gasteiger partial charge in [0.1, 0.15) is 0 Å². The first kappa shape index (κ1) is 21.7. The molecule has 0 heterocycles. The SMILES string of the molecule is CCC(CC)(CCO)C(=O)NC.CCC(CC)CCN. The fourth-order valence-corrected chi connectivity index (χ4v) is 2.45. The van der Waals surface area contributed by atoms with Gasteiger partial charge >= 0.3 is 0 Å². The van der Waals surface area contributed by atoms with Crippen molar-refractivity contribution in [3.05, 3.63) is 0 Å². The van der Waals surface area contributed by atoms with Crippen LogP contribution in [-0.2, 0) is 4.79 Å². The van der Waals surface area contributed by atoms with Crippen LogP contribution in [0.15, 0.2) is 0 Å². The Morgan fingerprint density at radius 1 is 1.20 bits per heavy atom. The van der Waals surface area contributed by atoms with Crippen LogP contribution in [0.2, 0.25) is 0 Å². The molecule has 122 valence electrons. The standard InChI is InChI=1S/C9H19NO2.C7H17N/c1-4-9(5-2,6-7-11)8(12)10-3;1-3-7(4-2)5-6-8/h11H,4-7H2,1-3H3,(H,10,12);7H,3-6,8H2,1-2H3. The molecule has 0 spiro atoms. The normalized spacial score (nSPS) is 11.0. The molecule has 1 amide bonds. The van der Waals surface area contributed by atoms with E-state index in [1.165, 1.54) is 19.3 Å². The molecular weight excluding hydrogens is 252 g/mol. The Labute approximate surface area is 125 Å². The highest BCUT2D eigenvalue weighted by Gasteiger charge is 2.33. The molecule has 0 fully saturated rings. The predicted octanol–water partition coefficient (Wildman–Crippen LogP) is 2.69. The van der Waals surface area contributed by atoms with E-state index in [4.69, 9.17) is 10.8 Å². The van der Waals surface area contributed by atoms with E-state index in [-0.39, 0.29) is 17.9 Å². The number of carbonyl (C=O) groups is 1. The largest absolute Gasteiger partial charge is 0.396 e. The second kappa shape index (κ2) is 13.4. The Bertz CT molecular complexity index is 225. The van der Waals surface area contributed by atoms with Crippen molar-refractivity contribution in [1.82, 2.24) is 5.32 Å². The predicted molar refractivity (Wildman–Crippen MR) is 86.5 cm³/mol. The number of hydrogen-bond donors (Lipinski definition) is 3. The lowest BCUT2D eigenvalue weighted by Crippen LogP contribution is -2.39. The Morgan fingerprint density at radius 3 is 1.90 bits per heavy atom. The molecule has 20 heavy (non-hydrogen) atoms. The average molecular weight is 288 g/mol. The number of nitrogens with two attached hydrogens (primary N) is 1. The number of aliphatic hydroxyl groups excluding tert-OH is 1. The van der Waals surface area contributed by atoms with Crippen LogP contribution in [0.5, 0.6) is 0 Å². The van der Waals surface area contributed by atoms with Gasteiger partial charge in [0.05, 0.1) is 5.41 Å². The Hall–Kier alpha value is -0.610. The first-order chi connectivity index (χ1) is 9.51. The zero-order valence-electron chi connectivity index (χ0n) is 14.2. The first-order valence-electron chi connectivity index (χ1n) is 8.04. The summed E-state index contributed by atoms with van der Waals surface area (Å²) in [5, 5.41) is 11.5. The van der Waals surface area contributed by atoms with E-state index in [2.05, 4.69) is 19.2 Å². The van der Waals surface area contributed by atoms with Crippen LogP contribution in [0.4, 0.5) is 0 Å². The Morgan fingerprint density at radius 2 is 1.70 bits per heavy atom. The molecule has 0 radical (unpaired) electrons. The summed E-state index contributed by atoms with van der Waals surface area (Å²) in [6.07, 6.45) is 5.89. The average Bonchev–Trinajstić information content (AvgIpc) is 2.50. The maximum absolute atomic E-state index is 11.5. The summed E-state index contributed by atoms with van der Waals surface area (Å²) in [7, 11) is 1.64. The topological polar surface area (TPSA) is 75.3 Å². The highest BCUT2D eigenvalue weighted by Crippen LogP contribution is 2.30. The van der Waals surface area contributed by atoms with Crippen LogP contribution < -0.4 is 11.1 Å². The van der Waals surface area contributed by atoms with E-state index in [9.17, 15) is 4.79 Å². The van der Waals surface area contributed by atoms with Gasteiger partial charge in [-0.15, -0.1) is 0 Å². The quantitative estimate of drug-likeness (QED) is 0.610. The molecule has 4 N–H and O–H groups in total. The van der Waals surface area contributed by atoms with E-state index in [1.807, 2.05) is 13.8 Å². The van der Waals surface area contributed by atoms with Crippen molar-refractivity contribution in [2.45, 2.75) is 66.2 Å². The van der Waals surface area contributed by atoms with Crippen LogP contribution in [0.1, 0.15) is 66.2 Å². The van der Waals surface area contributed by atoms with Crippen molar-refractivity contribution in [2.75, 3.05) is 20.2 Å². The number of nitrogens with one attached hydrogen (secondary N) is 1.